The van der Waals surface area contributed by atoms with E-state index in [1.54, 1.807) is 0 Å². The fourth-order valence-electron chi connectivity index (χ4n) is 3.03. The lowest BCUT2D eigenvalue weighted by atomic mass is 9.79. The van der Waals surface area contributed by atoms with Gasteiger partial charge < -0.3 is 14.6 Å². The first-order valence-corrected chi connectivity index (χ1v) is 8.24. The second kappa shape index (κ2) is 5.74. The van der Waals surface area contributed by atoms with E-state index in [1.807, 2.05) is 27.7 Å². The first-order valence-electron chi connectivity index (χ1n) is 8.24. The van der Waals surface area contributed by atoms with Gasteiger partial charge in [-0.2, -0.15) is 18.3 Å². The molecule has 2 aliphatic rings. The van der Waals surface area contributed by atoms with Gasteiger partial charge in [-0.1, -0.05) is 0 Å². The number of nitrogens with zero attached hydrogens (tertiary/aromatic N) is 2. The SMILES string of the molecule is CC1(C)OB(c2cn(C3CCNCC3)nc2C(F)(F)F)OC1(C)C. The molecule has 0 bridgehead atoms. The van der Waals surface area contributed by atoms with Crippen LogP contribution in [0.25, 0.3) is 0 Å². The van der Waals surface area contributed by atoms with E-state index < -0.39 is 30.2 Å². The molecule has 2 aliphatic heterocycles. The second-order valence-electron chi connectivity index (χ2n) is 7.48. The highest BCUT2D eigenvalue weighted by atomic mass is 19.4. The summed E-state index contributed by atoms with van der Waals surface area (Å²) in [6.07, 6.45) is -1.60. The summed E-state index contributed by atoms with van der Waals surface area (Å²) in [7, 11) is -1.07. The summed E-state index contributed by atoms with van der Waals surface area (Å²) < 4.78 is 53.4. The van der Waals surface area contributed by atoms with Crippen LogP contribution in [0.2, 0.25) is 0 Å². The zero-order chi connectivity index (χ0) is 17.8. The van der Waals surface area contributed by atoms with Gasteiger partial charge in [0.05, 0.1) is 17.2 Å². The molecule has 1 aromatic rings. The van der Waals surface area contributed by atoms with Gasteiger partial charge in [0, 0.05) is 11.7 Å². The molecule has 0 spiro atoms. The van der Waals surface area contributed by atoms with Crippen LogP contribution in [0, 0.1) is 0 Å². The lowest BCUT2D eigenvalue weighted by Crippen LogP contribution is -2.41. The van der Waals surface area contributed by atoms with E-state index in [9.17, 15) is 13.2 Å². The van der Waals surface area contributed by atoms with Gasteiger partial charge in [0.25, 0.3) is 0 Å². The van der Waals surface area contributed by atoms with Crippen LogP contribution in [-0.4, -0.2) is 41.2 Å². The lowest BCUT2D eigenvalue weighted by Gasteiger charge is -2.32. The Morgan fingerprint density at radius 2 is 1.71 bits per heavy atom. The van der Waals surface area contributed by atoms with Crippen molar-refractivity contribution >= 4 is 12.6 Å². The average Bonchev–Trinajstić information content (AvgIpc) is 2.99. The van der Waals surface area contributed by atoms with E-state index in [-0.39, 0.29) is 11.5 Å². The van der Waals surface area contributed by atoms with Crippen molar-refractivity contribution in [3.63, 3.8) is 0 Å². The largest absolute Gasteiger partial charge is 0.498 e. The zero-order valence-corrected chi connectivity index (χ0v) is 14.4. The Morgan fingerprint density at radius 1 is 1.17 bits per heavy atom. The molecule has 2 saturated heterocycles. The Morgan fingerprint density at radius 3 is 2.21 bits per heavy atom. The minimum atomic E-state index is -4.54. The van der Waals surface area contributed by atoms with Crippen LogP contribution in [0.15, 0.2) is 6.20 Å². The summed E-state index contributed by atoms with van der Waals surface area (Å²) in [5, 5.41) is 7.05. The number of hydrogen-bond donors (Lipinski definition) is 1. The van der Waals surface area contributed by atoms with Crippen molar-refractivity contribution < 1.29 is 22.5 Å². The van der Waals surface area contributed by atoms with Gasteiger partial charge in [-0.3, -0.25) is 4.68 Å². The smallest absolute Gasteiger partial charge is 0.399 e. The summed E-state index contributed by atoms with van der Waals surface area (Å²) in [4.78, 5) is 0. The molecular formula is C15H23BF3N3O2. The Labute approximate surface area is 140 Å². The lowest BCUT2D eigenvalue weighted by molar-refractivity contribution is -0.140. The van der Waals surface area contributed by atoms with E-state index in [4.69, 9.17) is 9.31 Å². The third-order valence-electron chi connectivity index (χ3n) is 5.22. The maximum atomic E-state index is 13.5. The van der Waals surface area contributed by atoms with Gasteiger partial charge in [-0.25, -0.2) is 0 Å². The molecule has 1 aromatic heterocycles. The Kier molecular flexibility index (Phi) is 4.25. The van der Waals surface area contributed by atoms with Crippen molar-refractivity contribution in [1.29, 1.82) is 0 Å². The van der Waals surface area contributed by atoms with E-state index in [1.165, 1.54) is 10.9 Å². The van der Waals surface area contributed by atoms with Crippen LogP contribution in [0.1, 0.15) is 52.3 Å². The molecule has 134 valence electrons. The van der Waals surface area contributed by atoms with Crippen molar-refractivity contribution in [3.05, 3.63) is 11.9 Å². The number of hydrogen-bond acceptors (Lipinski definition) is 4. The zero-order valence-electron chi connectivity index (χ0n) is 14.4. The molecule has 24 heavy (non-hydrogen) atoms. The van der Waals surface area contributed by atoms with E-state index in [0.717, 1.165) is 25.9 Å². The van der Waals surface area contributed by atoms with Crippen LogP contribution in [0.4, 0.5) is 13.2 Å². The van der Waals surface area contributed by atoms with Crippen LogP contribution < -0.4 is 10.8 Å². The van der Waals surface area contributed by atoms with Gasteiger partial charge in [0.1, 0.15) is 0 Å². The standard InChI is InChI=1S/C15H23BF3N3O2/c1-13(2)14(3,4)24-16(23-13)11-9-22(10-5-7-20-8-6-10)21-12(11)15(17,18)19/h9-10,20H,5-8H2,1-4H3. The average molecular weight is 345 g/mol. The number of aromatic nitrogens is 2. The van der Waals surface area contributed by atoms with Crippen LogP contribution in [-0.2, 0) is 15.5 Å². The summed E-state index contributed by atoms with van der Waals surface area (Å²) >= 11 is 0. The Hall–Kier alpha value is -1.06. The van der Waals surface area contributed by atoms with Gasteiger partial charge in [-0.15, -0.1) is 0 Å². The van der Waals surface area contributed by atoms with E-state index in [2.05, 4.69) is 10.4 Å². The second-order valence-corrected chi connectivity index (χ2v) is 7.48. The highest BCUT2D eigenvalue weighted by molar-refractivity contribution is 6.62. The molecule has 0 aromatic carbocycles. The fourth-order valence-corrected chi connectivity index (χ4v) is 3.03. The van der Waals surface area contributed by atoms with Gasteiger partial charge in [-0.05, 0) is 53.6 Å². The molecule has 0 radical (unpaired) electrons. The first kappa shape index (κ1) is 17.8. The van der Waals surface area contributed by atoms with Crippen molar-refractivity contribution in [2.75, 3.05) is 13.1 Å². The summed E-state index contributed by atoms with van der Waals surface area (Å²) in [5.41, 5.74) is -2.35. The Balaban J connectivity index is 1.96. The molecule has 2 fully saturated rings. The normalized spacial score (nSPS) is 24.5. The number of rotatable bonds is 2. The number of halogens is 3. The molecule has 0 atom stereocenters. The van der Waals surface area contributed by atoms with Gasteiger partial charge >= 0.3 is 13.3 Å². The molecule has 5 nitrogen and oxygen atoms in total. The van der Waals surface area contributed by atoms with Crippen molar-refractivity contribution in [2.24, 2.45) is 0 Å². The molecule has 0 saturated carbocycles. The van der Waals surface area contributed by atoms with Gasteiger partial charge in [0.15, 0.2) is 5.69 Å². The van der Waals surface area contributed by atoms with E-state index >= 15 is 0 Å². The molecule has 0 amide bonds. The highest BCUT2D eigenvalue weighted by Crippen LogP contribution is 2.38. The molecular weight excluding hydrogens is 322 g/mol. The fraction of sp³-hybridized carbons (Fsp3) is 0.800. The summed E-state index contributed by atoms with van der Waals surface area (Å²) in [6.45, 7) is 8.82. The Bertz CT molecular complexity index is 594. The monoisotopic (exact) mass is 345 g/mol. The molecule has 0 unspecified atom stereocenters. The van der Waals surface area contributed by atoms with E-state index in [0.29, 0.717) is 0 Å². The summed E-state index contributed by atoms with van der Waals surface area (Å²) in [5.74, 6) is 0. The molecule has 9 heteroatoms. The maximum absolute atomic E-state index is 13.5. The van der Waals surface area contributed by atoms with Crippen molar-refractivity contribution in [2.45, 2.75) is 64.0 Å². The van der Waals surface area contributed by atoms with Crippen LogP contribution >= 0.6 is 0 Å². The predicted molar refractivity (Wildman–Crippen MR) is 84.1 cm³/mol. The van der Waals surface area contributed by atoms with Crippen molar-refractivity contribution in [3.8, 4) is 0 Å². The maximum Gasteiger partial charge on any atom is 0.498 e. The summed E-state index contributed by atoms with van der Waals surface area (Å²) in [6, 6.07) is -0.0384. The number of piperidine rings is 1. The molecule has 0 aliphatic carbocycles. The highest BCUT2D eigenvalue weighted by Gasteiger charge is 2.54. The van der Waals surface area contributed by atoms with Crippen molar-refractivity contribution in [1.82, 2.24) is 15.1 Å². The quantitative estimate of drug-likeness (QED) is 0.835. The topological polar surface area (TPSA) is 48.3 Å². The minimum Gasteiger partial charge on any atom is -0.399 e. The minimum absolute atomic E-state index is 0.0384. The van der Waals surface area contributed by atoms with Crippen LogP contribution in [0.5, 0.6) is 0 Å². The van der Waals surface area contributed by atoms with Crippen LogP contribution in [0.3, 0.4) is 0 Å². The van der Waals surface area contributed by atoms with Gasteiger partial charge in [0.2, 0.25) is 0 Å². The molecule has 3 rings (SSSR count). The predicted octanol–water partition coefficient (Wildman–Crippen LogP) is 2.13. The number of alkyl halides is 3. The number of nitrogens with one attached hydrogen (secondary N) is 1. The molecule has 1 N–H and O–H groups in total. The third-order valence-corrected chi connectivity index (χ3v) is 5.22. The molecule has 3 heterocycles. The first-order chi connectivity index (χ1) is 11.0. The third kappa shape index (κ3) is 3.09.